The first kappa shape index (κ1) is 27.6. The molecule has 0 fully saturated rings. The van der Waals surface area contributed by atoms with E-state index in [9.17, 15) is 18.0 Å². The summed E-state index contributed by atoms with van der Waals surface area (Å²) in [6.45, 7) is 4.21. The summed E-state index contributed by atoms with van der Waals surface area (Å²) in [5.41, 5.74) is 2.34. The van der Waals surface area contributed by atoms with Crippen LogP contribution in [0.4, 0.5) is 35.3 Å². The molecule has 13 heteroatoms. The van der Waals surface area contributed by atoms with E-state index >= 15 is 0 Å². The lowest BCUT2D eigenvalue weighted by Gasteiger charge is -2.17. The first-order chi connectivity index (χ1) is 17.6. The van der Waals surface area contributed by atoms with Gasteiger partial charge in [-0.15, -0.1) is 13.2 Å². The Morgan fingerprint density at radius 2 is 1.78 bits per heavy atom. The van der Waals surface area contributed by atoms with Gasteiger partial charge in [-0.25, -0.2) is 19.2 Å². The number of anilines is 3. The maximum atomic E-state index is 12.3. The molecular formula is C24H25F3N6O3S. The van der Waals surface area contributed by atoms with Gasteiger partial charge >= 0.3 is 12.4 Å². The van der Waals surface area contributed by atoms with Gasteiger partial charge in [0, 0.05) is 18.4 Å². The summed E-state index contributed by atoms with van der Waals surface area (Å²) in [6, 6.07) is 12.5. The number of carbonyl (C=O) groups is 1. The maximum Gasteiger partial charge on any atom is 0.573 e. The van der Waals surface area contributed by atoms with Crippen LogP contribution in [0.15, 0.2) is 65.3 Å². The fourth-order valence-corrected chi connectivity index (χ4v) is 3.40. The van der Waals surface area contributed by atoms with Gasteiger partial charge in [0.2, 0.25) is 5.95 Å². The second-order valence-corrected chi connectivity index (χ2v) is 8.41. The Morgan fingerprint density at radius 3 is 2.43 bits per heavy atom. The van der Waals surface area contributed by atoms with Crippen LogP contribution in [0.25, 0.3) is 0 Å². The second-order valence-electron chi connectivity index (χ2n) is 7.81. The Hall–Kier alpha value is -4.00. The lowest BCUT2D eigenvalue weighted by atomic mass is 10.0. The highest BCUT2D eigenvalue weighted by Gasteiger charge is 2.31. The zero-order valence-corrected chi connectivity index (χ0v) is 21.0. The van der Waals surface area contributed by atoms with Crippen molar-refractivity contribution in [1.82, 2.24) is 14.7 Å². The van der Waals surface area contributed by atoms with E-state index in [1.807, 2.05) is 38.1 Å². The number of rotatable bonds is 10. The van der Waals surface area contributed by atoms with Crippen molar-refractivity contribution in [3.63, 3.8) is 0 Å². The third kappa shape index (κ3) is 8.86. The molecule has 0 spiro atoms. The minimum absolute atomic E-state index is 0.117. The molecule has 0 aliphatic heterocycles. The molecule has 9 nitrogen and oxygen atoms in total. The Kier molecular flexibility index (Phi) is 9.55. The molecule has 3 aromatic rings. The van der Waals surface area contributed by atoms with E-state index in [1.54, 1.807) is 11.9 Å². The topological polar surface area (TPSA) is 101 Å². The maximum absolute atomic E-state index is 12.3. The van der Waals surface area contributed by atoms with Crippen LogP contribution in [0.2, 0.25) is 0 Å². The minimum Gasteiger partial charge on any atom is -0.485 e. The Bertz CT molecular complexity index is 1190. The molecule has 196 valence electrons. The lowest BCUT2D eigenvalue weighted by Crippen LogP contribution is -2.23. The molecule has 0 unspecified atom stereocenters. The van der Waals surface area contributed by atoms with E-state index < -0.39 is 12.4 Å². The molecule has 0 atom stereocenters. The standard InChI is InChI=1S/C24H25F3N6O3S/c1-16(2)20-6-4-5-7-21(20)31-23(34)32-37-30-12-13-35-19-14-28-22(29-15-19)33(3)17-8-10-18(11-9-17)36-24(25,26)27/h4-12,14-16H,13H2,1-3H3,(H2,31,32,34). The number of amides is 2. The van der Waals surface area contributed by atoms with Crippen molar-refractivity contribution in [2.24, 2.45) is 4.40 Å². The summed E-state index contributed by atoms with van der Waals surface area (Å²) in [5, 5.41) is 2.80. The van der Waals surface area contributed by atoms with Crippen LogP contribution in [-0.4, -0.2) is 42.2 Å². The molecule has 1 heterocycles. The summed E-state index contributed by atoms with van der Waals surface area (Å²) in [6.07, 6.45) is -0.365. The number of hydrogen-bond donors (Lipinski definition) is 2. The molecule has 37 heavy (non-hydrogen) atoms. The Labute approximate surface area is 216 Å². The highest BCUT2D eigenvalue weighted by molar-refractivity contribution is 7.96. The van der Waals surface area contributed by atoms with Crippen LogP contribution in [0, 0.1) is 0 Å². The molecule has 0 aliphatic carbocycles. The smallest absolute Gasteiger partial charge is 0.485 e. The number of para-hydroxylation sites is 1. The molecular weight excluding hydrogens is 509 g/mol. The van der Waals surface area contributed by atoms with Gasteiger partial charge in [-0.05, 0) is 41.8 Å². The van der Waals surface area contributed by atoms with Crippen molar-refractivity contribution in [1.29, 1.82) is 0 Å². The van der Waals surface area contributed by atoms with Gasteiger partial charge in [-0.2, -0.15) is 0 Å². The van der Waals surface area contributed by atoms with Crippen molar-refractivity contribution in [3.8, 4) is 11.5 Å². The number of carbonyl (C=O) groups excluding carboxylic acids is 1. The average Bonchev–Trinajstić information content (AvgIpc) is 2.86. The van der Waals surface area contributed by atoms with Gasteiger partial charge in [-0.1, -0.05) is 32.0 Å². The zero-order valence-electron chi connectivity index (χ0n) is 20.2. The normalized spacial score (nSPS) is 11.4. The van der Waals surface area contributed by atoms with Crippen LogP contribution in [0.3, 0.4) is 0 Å². The van der Waals surface area contributed by atoms with E-state index in [1.165, 1.54) is 42.9 Å². The van der Waals surface area contributed by atoms with E-state index in [-0.39, 0.29) is 18.3 Å². The van der Waals surface area contributed by atoms with Gasteiger partial charge in [0.25, 0.3) is 0 Å². The molecule has 0 radical (unpaired) electrons. The highest BCUT2D eigenvalue weighted by Crippen LogP contribution is 2.27. The number of urea groups is 1. The van der Waals surface area contributed by atoms with Crippen LogP contribution in [0.5, 0.6) is 11.5 Å². The molecule has 2 N–H and O–H groups in total. The number of halogens is 3. The highest BCUT2D eigenvalue weighted by atomic mass is 32.2. The van der Waals surface area contributed by atoms with Gasteiger partial charge < -0.3 is 19.7 Å². The first-order valence-corrected chi connectivity index (χ1v) is 11.8. The van der Waals surface area contributed by atoms with Crippen molar-refractivity contribution in [2.75, 3.05) is 23.9 Å². The molecule has 2 aromatic carbocycles. The summed E-state index contributed by atoms with van der Waals surface area (Å²) >= 11 is 0.856. The number of ether oxygens (including phenoxy) is 2. The third-order valence-electron chi connectivity index (χ3n) is 4.79. The number of alkyl halides is 3. The van der Waals surface area contributed by atoms with Gasteiger partial charge in [0.05, 0.1) is 30.7 Å². The fourth-order valence-electron chi connectivity index (χ4n) is 3.08. The molecule has 0 bridgehead atoms. The minimum atomic E-state index is -4.75. The largest absolute Gasteiger partial charge is 0.573 e. The fraction of sp³-hybridized carbons (Fsp3) is 0.250. The molecule has 0 aliphatic rings. The lowest BCUT2D eigenvalue weighted by molar-refractivity contribution is -0.274. The van der Waals surface area contributed by atoms with Gasteiger partial charge in [0.15, 0.2) is 5.75 Å². The number of nitrogens with one attached hydrogen (secondary N) is 2. The summed E-state index contributed by atoms with van der Waals surface area (Å²) < 4.78 is 52.8. The van der Waals surface area contributed by atoms with Crippen molar-refractivity contribution < 1.29 is 27.4 Å². The van der Waals surface area contributed by atoms with Crippen molar-refractivity contribution in [2.45, 2.75) is 26.1 Å². The van der Waals surface area contributed by atoms with Gasteiger partial charge in [-0.3, -0.25) is 4.72 Å². The van der Waals surface area contributed by atoms with Crippen LogP contribution < -0.4 is 24.4 Å². The van der Waals surface area contributed by atoms with Crippen LogP contribution >= 0.6 is 12.1 Å². The Morgan fingerprint density at radius 1 is 1.11 bits per heavy atom. The molecule has 0 saturated heterocycles. The number of hydrogen-bond acceptors (Lipinski definition) is 8. The summed E-state index contributed by atoms with van der Waals surface area (Å²) in [4.78, 5) is 22.1. The monoisotopic (exact) mass is 534 g/mol. The third-order valence-corrected chi connectivity index (χ3v) is 5.32. The Balaban J connectivity index is 1.41. The van der Waals surface area contributed by atoms with E-state index in [2.05, 4.69) is 29.1 Å². The second kappa shape index (κ2) is 12.8. The summed E-state index contributed by atoms with van der Waals surface area (Å²) in [7, 11) is 1.67. The van der Waals surface area contributed by atoms with E-state index in [4.69, 9.17) is 4.74 Å². The predicted octanol–water partition coefficient (Wildman–Crippen LogP) is 6.10. The van der Waals surface area contributed by atoms with E-state index in [0.717, 1.165) is 23.4 Å². The van der Waals surface area contributed by atoms with Gasteiger partial charge in [0.1, 0.15) is 12.4 Å². The van der Waals surface area contributed by atoms with Crippen molar-refractivity contribution in [3.05, 3.63) is 66.5 Å². The summed E-state index contributed by atoms with van der Waals surface area (Å²) in [5.74, 6) is 0.654. The molecule has 0 saturated carbocycles. The number of nitrogens with zero attached hydrogens (tertiary/aromatic N) is 4. The van der Waals surface area contributed by atoms with Crippen molar-refractivity contribution >= 4 is 41.7 Å². The first-order valence-electron chi connectivity index (χ1n) is 11.0. The molecule has 2 amide bonds. The molecule has 3 rings (SSSR count). The van der Waals surface area contributed by atoms with Crippen LogP contribution in [0.1, 0.15) is 25.3 Å². The quantitative estimate of drug-likeness (QED) is 0.239. The number of benzene rings is 2. The predicted molar refractivity (Wildman–Crippen MR) is 137 cm³/mol. The van der Waals surface area contributed by atoms with E-state index in [0.29, 0.717) is 17.4 Å². The average molecular weight is 535 g/mol. The van der Waals surface area contributed by atoms with Crippen LogP contribution in [-0.2, 0) is 0 Å². The SMILES string of the molecule is CC(C)c1ccccc1NC(=O)NSN=CCOc1cnc(N(C)c2ccc(OC(F)(F)F)cc2)nc1. The number of aromatic nitrogens is 2. The zero-order chi connectivity index (χ0) is 26.8. The molecule has 1 aromatic heterocycles.